The number of nitrogens with two attached hydrogens (primary N) is 1. The van der Waals surface area contributed by atoms with E-state index in [9.17, 15) is 13.6 Å². The largest absolute Gasteiger partial charge is 0.397 e. The maximum absolute atomic E-state index is 14.2. The smallest absolute Gasteiger partial charge is 0.229 e. The summed E-state index contributed by atoms with van der Waals surface area (Å²) in [6.45, 7) is 6.28. The van der Waals surface area contributed by atoms with Crippen LogP contribution in [0.5, 0.6) is 0 Å². The Bertz CT molecular complexity index is 1230. The number of aromatic nitrogens is 2. The molecule has 33 heavy (non-hydrogen) atoms. The van der Waals surface area contributed by atoms with Gasteiger partial charge in [0.2, 0.25) is 5.91 Å². The highest BCUT2D eigenvalue weighted by molar-refractivity contribution is 5.81. The number of fused-ring (bicyclic) bond motifs is 1. The van der Waals surface area contributed by atoms with E-state index in [2.05, 4.69) is 27.9 Å². The van der Waals surface area contributed by atoms with Crippen LogP contribution in [0.15, 0.2) is 42.6 Å². The molecule has 3 aromatic rings. The van der Waals surface area contributed by atoms with Crippen LogP contribution in [-0.2, 0) is 30.8 Å². The molecular formula is C25H25F2N5O. The van der Waals surface area contributed by atoms with Crippen molar-refractivity contribution < 1.29 is 13.6 Å². The minimum absolute atomic E-state index is 0.00241. The molecule has 0 atom stereocenters. The summed E-state index contributed by atoms with van der Waals surface area (Å²) >= 11 is 0. The number of likely N-dealkylation sites (tertiary alicyclic amines) is 1. The molecule has 0 radical (unpaired) electrons. The molecule has 2 aromatic heterocycles. The average molecular weight is 450 g/mol. The first kappa shape index (κ1) is 21.5. The Morgan fingerprint density at radius 2 is 1.91 bits per heavy atom. The van der Waals surface area contributed by atoms with Gasteiger partial charge in [0.15, 0.2) is 0 Å². The highest BCUT2D eigenvalue weighted by Gasteiger charge is 2.27. The number of halogens is 2. The fourth-order valence-electron chi connectivity index (χ4n) is 4.54. The van der Waals surface area contributed by atoms with Crippen molar-refractivity contribution in [2.45, 2.75) is 33.0 Å². The van der Waals surface area contributed by atoms with E-state index in [-0.39, 0.29) is 17.9 Å². The molecule has 4 heterocycles. The molecule has 1 fully saturated rings. The van der Waals surface area contributed by atoms with Crippen LogP contribution < -0.4 is 5.73 Å². The van der Waals surface area contributed by atoms with Crippen LogP contribution in [0.4, 0.5) is 14.5 Å². The molecule has 2 aliphatic rings. The van der Waals surface area contributed by atoms with Crippen LogP contribution >= 0.6 is 0 Å². The van der Waals surface area contributed by atoms with Gasteiger partial charge in [-0.15, -0.1) is 0 Å². The molecule has 0 unspecified atom stereocenters. The van der Waals surface area contributed by atoms with Gasteiger partial charge in [0, 0.05) is 50.6 Å². The third kappa shape index (κ3) is 4.43. The predicted octanol–water partition coefficient (Wildman–Crippen LogP) is 3.54. The fraction of sp³-hybridized carbons (Fsp3) is 0.320. The lowest BCUT2D eigenvalue weighted by Gasteiger charge is -2.36. The minimum Gasteiger partial charge on any atom is -0.397 e. The summed E-state index contributed by atoms with van der Waals surface area (Å²) < 4.78 is 27.4. The third-order valence-corrected chi connectivity index (χ3v) is 6.28. The molecule has 2 aliphatic heterocycles. The highest BCUT2D eigenvalue weighted by atomic mass is 19.1. The number of rotatable bonds is 5. The Kier molecular flexibility index (Phi) is 5.54. The first-order chi connectivity index (χ1) is 15.9. The number of anilines is 1. The van der Waals surface area contributed by atoms with Crippen LogP contribution in [0.2, 0.25) is 0 Å². The molecule has 1 saturated heterocycles. The normalized spacial score (nSPS) is 16.0. The second-order valence-electron chi connectivity index (χ2n) is 9.03. The van der Waals surface area contributed by atoms with Crippen LogP contribution in [0, 0.1) is 17.6 Å². The van der Waals surface area contributed by atoms with Crippen molar-refractivity contribution in [2.75, 3.05) is 18.8 Å². The molecule has 0 saturated carbocycles. The lowest BCUT2D eigenvalue weighted by Crippen LogP contribution is -2.44. The number of hydrogen-bond donors (Lipinski definition) is 1. The van der Waals surface area contributed by atoms with Gasteiger partial charge >= 0.3 is 0 Å². The van der Waals surface area contributed by atoms with E-state index < -0.39 is 11.6 Å². The van der Waals surface area contributed by atoms with E-state index in [0.717, 1.165) is 48.4 Å². The maximum atomic E-state index is 14.2. The van der Waals surface area contributed by atoms with Crippen LogP contribution in [0.25, 0.3) is 11.3 Å². The van der Waals surface area contributed by atoms with E-state index >= 15 is 0 Å². The molecule has 5 rings (SSSR count). The molecule has 0 bridgehead atoms. The predicted molar refractivity (Wildman–Crippen MR) is 121 cm³/mol. The molecule has 6 nitrogen and oxygen atoms in total. The van der Waals surface area contributed by atoms with Crippen molar-refractivity contribution >= 4 is 11.6 Å². The zero-order chi connectivity index (χ0) is 23.1. The van der Waals surface area contributed by atoms with Crippen molar-refractivity contribution in [2.24, 2.45) is 5.92 Å². The molecule has 1 amide bonds. The quantitative estimate of drug-likeness (QED) is 0.645. The number of amides is 1. The third-order valence-electron chi connectivity index (χ3n) is 6.28. The van der Waals surface area contributed by atoms with Gasteiger partial charge in [-0.1, -0.05) is 6.92 Å². The van der Waals surface area contributed by atoms with Crippen molar-refractivity contribution in [3.05, 3.63) is 76.7 Å². The molecule has 0 aliphatic carbocycles. The van der Waals surface area contributed by atoms with Gasteiger partial charge in [-0.25, -0.2) is 8.78 Å². The topological polar surface area (TPSA) is 75.4 Å². The highest BCUT2D eigenvalue weighted by Crippen LogP contribution is 2.27. The van der Waals surface area contributed by atoms with Crippen molar-refractivity contribution in [3.8, 4) is 11.3 Å². The van der Waals surface area contributed by atoms with E-state index in [1.807, 2.05) is 6.20 Å². The number of hydrogen-bond acceptors (Lipinski definition) is 5. The summed E-state index contributed by atoms with van der Waals surface area (Å²) in [5.74, 6) is -0.741. The number of carbonyl (C=O) groups excluding carboxylic acids is 1. The second-order valence-corrected chi connectivity index (χ2v) is 9.03. The molecule has 170 valence electrons. The zero-order valence-electron chi connectivity index (χ0n) is 18.4. The summed E-state index contributed by atoms with van der Waals surface area (Å²) in [5, 5.41) is 0. The summed E-state index contributed by atoms with van der Waals surface area (Å²) in [6, 6.07) is 8.57. The van der Waals surface area contributed by atoms with Gasteiger partial charge in [-0.2, -0.15) is 0 Å². The minimum atomic E-state index is -0.712. The molecule has 1 aromatic carbocycles. The van der Waals surface area contributed by atoms with Gasteiger partial charge in [0.05, 0.1) is 29.2 Å². The number of benzene rings is 1. The molecule has 2 N–H and O–H groups in total. The number of pyridine rings is 2. The van der Waals surface area contributed by atoms with Gasteiger partial charge in [0.1, 0.15) is 11.6 Å². The zero-order valence-corrected chi connectivity index (χ0v) is 18.4. The Morgan fingerprint density at radius 1 is 1.12 bits per heavy atom. The van der Waals surface area contributed by atoms with Gasteiger partial charge in [-0.05, 0) is 47.4 Å². The van der Waals surface area contributed by atoms with Crippen LogP contribution in [-0.4, -0.2) is 38.8 Å². The fourth-order valence-corrected chi connectivity index (χ4v) is 4.54. The first-order valence-electron chi connectivity index (χ1n) is 11.0. The van der Waals surface area contributed by atoms with Crippen LogP contribution in [0.3, 0.4) is 0 Å². The monoisotopic (exact) mass is 449 g/mol. The second kappa shape index (κ2) is 8.51. The molecule has 0 spiro atoms. The van der Waals surface area contributed by atoms with Crippen LogP contribution in [0.1, 0.15) is 29.4 Å². The summed E-state index contributed by atoms with van der Waals surface area (Å²) in [6.07, 6.45) is 1.87. The summed E-state index contributed by atoms with van der Waals surface area (Å²) in [5.41, 5.74) is 10.4. The van der Waals surface area contributed by atoms with Crippen molar-refractivity contribution in [1.29, 1.82) is 0 Å². The Balaban J connectivity index is 1.28. The summed E-state index contributed by atoms with van der Waals surface area (Å²) in [7, 11) is 0. The SMILES string of the molecule is CC1CN(Cc2cc3c(cn2)CN(C(=O)Cc2nc(-c4ccc(F)cc4F)ccc2N)C3)C1. The lowest BCUT2D eigenvalue weighted by molar-refractivity contribution is -0.131. The Labute approximate surface area is 191 Å². The Hall–Kier alpha value is -3.39. The standard InChI is InChI=1S/C25H25F2N5O/c1-15-10-31(11-15)14-19-6-16-12-32(13-17(16)9-29-19)25(33)8-24-22(28)4-5-23(30-24)20-3-2-18(26)7-21(20)27/h2-7,9,15H,8,10-14,28H2,1H3. The van der Waals surface area contributed by atoms with Gasteiger partial charge in [-0.3, -0.25) is 19.7 Å². The number of carbonyl (C=O) groups is 1. The number of nitrogens with zero attached hydrogens (tertiary/aromatic N) is 4. The maximum Gasteiger partial charge on any atom is 0.229 e. The Morgan fingerprint density at radius 3 is 2.67 bits per heavy atom. The van der Waals surface area contributed by atoms with Crippen molar-refractivity contribution in [1.82, 2.24) is 19.8 Å². The van der Waals surface area contributed by atoms with Crippen molar-refractivity contribution in [3.63, 3.8) is 0 Å². The van der Waals surface area contributed by atoms with E-state index in [0.29, 0.717) is 30.2 Å². The average Bonchev–Trinajstić information content (AvgIpc) is 3.18. The van der Waals surface area contributed by atoms with Gasteiger partial charge in [0.25, 0.3) is 0 Å². The van der Waals surface area contributed by atoms with E-state index in [1.54, 1.807) is 17.0 Å². The van der Waals surface area contributed by atoms with Gasteiger partial charge < -0.3 is 10.6 Å². The summed E-state index contributed by atoms with van der Waals surface area (Å²) in [4.78, 5) is 26.1. The first-order valence-corrected chi connectivity index (χ1v) is 11.0. The van der Waals surface area contributed by atoms with E-state index in [1.165, 1.54) is 12.1 Å². The number of nitrogen functional groups attached to an aromatic ring is 1. The lowest BCUT2D eigenvalue weighted by atomic mass is 10.0. The molecule has 8 heteroatoms. The molecular weight excluding hydrogens is 424 g/mol. The van der Waals surface area contributed by atoms with E-state index in [4.69, 9.17) is 5.73 Å².